The Balaban J connectivity index is 3.22. The summed E-state index contributed by atoms with van der Waals surface area (Å²) in [5.41, 5.74) is 0. The zero-order valence-corrected chi connectivity index (χ0v) is 7.86. The molecule has 0 unspecified atom stereocenters. The van der Waals surface area contributed by atoms with Gasteiger partial charge in [0.1, 0.15) is 0 Å². The first-order chi connectivity index (χ1) is 5.16. The highest BCUT2D eigenvalue weighted by molar-refractivity contribution is 7.99. The molecule has 66 valence electrons. The van der Waals surface area contributed by atoms with Gasteiger partial charge in [0, 0.05) is 12.3 Å². The molecule has 0 aromatic heterocycles. The number of carboxylic acid groups (broad SMARTS) is 1. The van der Waals surface area contributed by atoms with Crippen molar-refractivity contribution in [2.45, 2.75) is 6.92 Å². The Hall–Kier alpha value is -0.220. The highest BCUT2D eigenvalue weighted by Gasteiger charge is 2.02. The van der Waals surface area contributed by atoms with E-state index in [1.165, 1.54) is 0 Å². The largest absolute Gasteiger partial charge is 0.480 e. The third kappa shape index (κ3) is 7.68. The van der Waals surface area contributed by atoms with Gasteiger partial charge in [-0.15, -0.1) is 0 Å². The lowest BCUT2D eigenvalue weighted by Gasteiger charge is -2.12. The summed E-state index contributed by atoms with van der Waals surface area (Å²) in [6.45, 7) is 3.09. The number of aliphatic carboxylic acids is 1. The Morgan fingerprint density at radius 2 is 2.27 bits per heavy atom. The predicted octanol–water partition coefficient (Wildman–Crippen LogP) is 0.756. The van der Waals surface area contributed by atoms with Crippen LogP contribution in [0.3, 0.4) is 0 Å². The van der Waals surface area contributed by atoms with Gasteiger partial charge >= 0.3 is 5.97 Å². The molecule has 0 aromatic carbocycles. The SMILES string of the molecule is CCSCCN(C)CC(=O)O. The smallest absolute Gasteiger partial charge is 0.317 e. The van der Waals surface area contributed by atoms with Crippen LogP contribution in [-0.4, -0.2) is 47.6 Å². The topological polar surface area (TPSA) is 40.5 Å². The molecule has 0 amide bonds. The number of carbonyl (C=O) groups is 1. The van der Waals surface area contributed by atoms with Crippen LogP contribution in [0.25, 0.3) is 0 Å². The van der Waals surface area contributed by atoms with Crippen molar-refractivity contribution in [2.24, 2.45) is 0 Å². The molecule has 0 aliphatic carbocycles. The number of thioether (sulfide) groups is 1. The van der Waals surface area contributed by atoms with Crippen LogP contribution in [0.15, 0.2) is 0 Å². The molecule has 0 saturated heterocycles. The average Bonchev–Trinajstić information content (AvgIpc) is 1.86. The van der Waals surface area contributed by atoms with Crippen molar-refractivity contribution < 1.29 is 9.90 Å². The van der Waals surface area contributed by atoms with Gasteiger partial charge < -0.3 is 5.11 Å². The van der Waals surface area contributed by atoms with Crippen molar-refractivity contribution in [3.63, 3.8) is 0 Å². The van der Waals surface area contributed by atoms with E-state index in [0.717, 1.165) is 18.1 Å². The van der Waals surface area contributed by atoms with Crippen molar-refractivity contribution in [2.75, 3.05) is 31.6 Å². The molecule has 0 aromatic rings. The van der Waals surface area contributed by atoms with Crippen molar-refractivity contribution >= 4 is 17.7 Å². The molecule has 0 spiro atoms. The lowest BCUT2D eigenvalue weighted by molar-refractivity contribution is -0.137. The van der Waals surface area contributed by atoms with E-state index in [4.69, 9.17) is 5.11 Å². The fraction of sp³-hybridized carbons (Fsp3) is 0.857. The molecule has 0 aliphatic heterocycles. The van der Waals surface area contributed by atoms with Gasteiger partial charge in [-0.25, -0.2) is 0 Å². The number of rotatable bonds is 6. The molecular weight excluding hydrogens is 162 g/mol. The maximum absolute atomic E-state index is 10.2. The first-order valence-electron chi connectivity index (χ1n) is 3.65. The van der Waals surface area contributed by atoms with Gasteiger partial charge in [0.15, 0.2) is 0 Å². The highest BCUT2D eigenvalue weighted by atomic mass is 32.2. The van der Waals surface area contributed by atoms with Gasteiger partial charge in [-0.2, -0.15) is 11.8 Å². The number of hydrogen-bond donors (Lipinski definition) is 1. The number of likely N-dealkylation sites (N-methyl/N-ethyl adjacent to an activating group) is 1. The van der Waals surface area contributed by atoms with Crippen LogP contribution in [0.4, 0.5) is 0 Å². The van der Waals surface area contributed by atoms with E-state index in [1.54, 1.807) is 0 Å². The van der Waals surface area contributed by atoms with E-state index in [1.807, 2.05) is 23.7 Å². The predicted molar refractivity (Wildman–Crippen MR) is 48.1 cm³/mol. The quantitative estimate of drug-likeness (QED) is 0.608. The van der Waals surface area contributed by atoms with Gasteiger partial charge in [-0.05, 0) is 12.8 Å². The second-order valence-corrected chi connectivity index (χ2v) is 3.72. The van der Waals surface area contributed by atoms with Gasteiger partial charge in [0.05, 0.1) is 6.54 Å². The minimum atomic E-state index is -0.756. The molecule has 0 atom stereocenters. The lowest BCUT2D eigenvalue weighted by Crippen LogP contribution is -2.27. The minimum Gasteiger partial charge on any atom is -0.480 e. The third-order valence-corrected chi connectivity index (χ3v) is 2.11. The van der Waals surface area contributed by atoms with Crippen molar-refractivity contribution in [3.8, 4) is 0 Å². The first kappa shape index (κ1) is 10.8. The Bertz CT molecular complexity index is 119. The van der Waals surface area contributed by atoms with Crippen LogP contribution in [0, 0.1) is 0 Å². The molecule has 1 N–H and O–H groups in total. The zero-order valence-electron chi connectivity index (χ0n) is 7.04. The van der Waals surface area contributed by atoms with Gasteiger partial charge in [-0.3, -0.25) is 9.69 Å². The van der Waals surface area contributed by atoms with Crippen LogP contribution in [0.2, 0.25) is 0 Å². The maximum atomic E-state index is 10.2. The molecule has 0 heterocycles. The van der Waals surface area contributed by atoms with Crippen LogP contribution in [0.5, 0.6) is 0 Å². The van der Waals surface area contributed by atoms with Crippen molar-refractivity contribution in [1.29, 1.82) is 0 Å². The molecule has 4 heteroatoms. The van der Waals surface area contributed by atoms with E-state index in [9.17, 15) is 4.79 Å². The zero-order chi connectivity index (χ0) is 8.69. The average molecular weight is 177 g/mol. The fourth-order valence-corrected chi connectivity index (χ4v) is 1.40. The maximum Gasteiger partial charge on any atom is 0.317 e. The summed E-state index contributed by atoms with van der Waals surface area (Å²) in [6, 6.07) is 0. The Morgan fingerprint density at radius 1 is 1.64 bits per heavy atom. The van der Waals surface area contributed by atoms with Crippen LogP contribution < -0.4 is 0 Å². The molecule has 3 nitrogen and oxygen atoms in total. The number of hydrogen-bond acceptors (Lipinski definition) is 3. The summed E-state index contributed by atoms with van der Waals surface area (Å²) in [6.07, 6.45) is 0. The monoisotopic (exact) mass is 177 g/mol. The summed E-state index contributed by atoms with van der Waals surface area (Å²) in [4.78, 5) is 12.0. The summed E-state index contributed by atoms with van der Waals surface area (Å²) in [5.74, 6) is 1.36. The van der Waals surface area contributed by atoms with Crippen LogP contribution >= 0.6 is 11.8 Å². The normalized spacial score (nSPS) is 10.5. The van der Waals surface area contributed by atoms with Crippen molar-refractivity contribution in [3.05, 3.63) is 0 Å². The Kier molecular flexibility index (Phi) is 6.36. The molecule has 0 aliphatic rings. The van der Waals surface area contributed by atoms with Gasteiger partial charge in [0.25, 0.3) is 0 Å². The van der Waals surface area contributed by atoms with Crippen LogP contribution in [-0.2, 0) is 4.79 Å². The lowest BCUT2D eigenvalue weighted by atomic mass is 10.5. The summed E-state index contributed by atoms with van der Waals surface area (Å²) in [5, 5.41) is 8.39. The Labute approximate surface area is 71.8 Å². The molecule has 11 heavy (non-hydrogen) atoms. The number of carboxylic acids is 1. The molecule has 0 radical (unpaired) electrons. The minimum absolute atomic E-state index is 0.143. The second kappa shape index (κ2) is 6.49. The van der Waals surface area contributed by atoms with E-state index in [2.05, 4.69) is 6.92 Å². The van der Waals surface area contributed by atoms with Gasteiger partial charge in [-0.1, -0.05) is 6.92 Å². The standard InChI is InChI=1S/C7H15NO2S/c1-3-11-5-4-8(2)6-7(9)10/h3-6H2,1-2H3,(H,9,10). The van der Waals surface area contributed by atoms with E-state index in [-0.39, 0.29) is 6.54 Å². The van der Waals surface area contributed by atoms with E-state index in [0.29, 0.717) is 0 Å². The summed E-state index contributed by atoms with van der Waals surface area (Å²) >= 11 is 1.83. The fourth-order valence-electron chi connectivity index (χ4n) is 0.675. The molecule has 0 bridgehead atoms. The Morgan fingerprint density at radius 3 is 2.73 bits per heavy atom. The third-order valence-electron chi connectivity index (χ3n) is 1.23. The van der Waals surface area contributed by atoms with Crippen LogP contribution in [0.1, 0.15) is 6.92 Å². The molecule has 0 fully saturated rings. The van der Waals surface area contributed by atoms with E-state index < -0.39 is 5.97 Å². The van der Waals surface area contributed by atoms with E-state index >= 15 is 0 Å². The molecule has 0 rings (SSSR count). The summed E-state index contributed by atoms with van der Waals surface area (Å²) in [7, 11) is 1.82. The second-order valence-electron chi connectivity index (χ2n) is 2.33. The number of nitrogens with zero attached hydrogens (tertiary/aromatic N) is 1. The van der Waals surface area contributed by atoms with Gasteiger partial charge in [0.2, 0.25) is 0 Å². The molecular formula is C7H15NO2S. The van der Waals surface area contributed by atoms with Crippen molar-refractivity contribution in [1.82, 2.24) is 4.90 Å². The molecule has 0 saturated carbocycles. The first-order valence-corrected chi connectivity index (χ1v) is 4.80. The highest BCUT2D eigenvalue weighted by Crippen LogP contribution is 1.97. The summed E-state index contributed by atoms with van der Waals surface area (Å²) < 4.78 is 0.